The predicted octanol–water partition coefficient (Wildman–Crippen LogP) is 2.51. The van der Waals surface area contributed by atoms with Gasteiger partial charge in [-0.2, -0.15) is 13.2 Å². The smallest absolute Gasteiger partial charge is 0.287 e. The van der Waals surface area contributed by atoms with E-state index in [4.69, 9.17) is 0 Å². The molecule has 0 aliphatic heterocycles. The molecular formula is C12H15F3N2O. The summed E-state index contributed by atoms with van der Waals surface area (Å²) in [6.45, 7) is 2.86. The van der Waals surface area contributed by atoms with Crippen LogP contribution in [0.4, 0.5) is 13.2 Å². The van der Waals surface area contributed by atoms with E-state index in [0.29, 0.717) is 5.56 Å². The van der Waals surface area contributed by atoms with Crippen molar-refractivity contribution in [3.8, 4) is 0 Å². The average Bonchev–Trinajstić information content (AvgIpc) is 2.28. The zero-order valence-corrected chi connectivity index (χ0v) is 10.1. The minimum atomic E-state index is -4.40. The quantitative estimate of drug-likeness (QED) is 0.817. The second-order valence-electron chi connectivity index (χ2n) is 4.23. The Kier molecular flexibility index (Phi) is 4.72. The lowest BCUT2D eigenvalue weighted by molar-refractivity contribution is -0.167. The summed E-state index contributed by atoms with van der Waals surface area (Å²) in [4.78, 5) is 11.6. The normalized spacial score (nSPS) is 13.4. The summed E-state index contributed by atoms with van der Waals surface area (Å²) in [5, 5.41) is 0. The standard InChI is InChI=1S/C12H15F3N2O/c1-8(2)10(12(13,14)15)16-17-11(18)9-6-4-3-5-7-9/h3-8,10,16H,1-2H3,(H,17,18). The number of alkyl halides is 3. The summed E-state index contributed by atoms with van der Waals surface area (Å²) in [5.74, 6) is -1.27. The van der Waals surface area contributed by atoms with E-state index in [1.165, 1.54) is 26.0 Å². The van der Waals surface area contributed by atoms with Gasteiger partial charge in [-0.1, -0.05) is 32.0 Å². The van der Waals surface area contributed by atoms with Gasteiger partial charge in [-0.05, 0) is 18.1 Å². The summed E-state index contributed by atoms with van der Waals surface area (Å²) < 4.78 is 37.8. The zero-order chi connectivity index (χ0) is 13.8. The highest BCUT2D eigenvalue weighted by Gasteiger charge is 2.41. The molecule has 1 unspecified atom stereocenters. The minimum absolute atomic E-state index is 0.301. The van der Waals surface area contributed by atoms with Crippen molar-refractivity contribution in [2.24, 2.45) is 5.92 Å². The summed E-state index contributed by atoms with van der Waals surface area (Å²) in [7, 11) is 0. The first kappa shape index (κ1) is 14.5. The van der Waals surface area contributed by atoms with Gasteiger partial charge in [0.25, 0.3) is 5.91 Å². The Morgan fingerprint density at radius 3 is 2.17 bits per heavy atom. The van der Waals surface area contributed by atoms with Gasteiger partial charge in [0.15, 0.2) is 0 Å². The summed E-state index contributed by atoms with van der Waals surface area (Å²) >= 11 is 0. The number of rotatable bonds is 4. The van der Waals surface area contributed by atoms with Crippen molar-refractivity contribution >= 4 is 5.91 Å². The van der Waals surface area contributed by atoms with Gasteiger partial charge in [0.2, 0.25) is 0 Å². The summed E-state index contributed by atoms with van der Waals surface area (Å²) in [6.07, 6.45) is -4.40. The molecule has 100 valence electrons. The maximum absolute atomic E-state index is 12.6. The molecule has 1 atom stereocenters. The molecule has 1 aromatic carbocycles. The van der Waals surface area contributed by atoms with Crippen molar-refractivity contribution in [2.45, 2.75) is 26.1 Å². The van der Waals surface area contributed by atoms with E-state index in [1.54, 1.807) is 18.2 Å². The number of hydrogen-bond donors (Lipinski definition) is 2. The number of carbonyl (C=O) groups is 1. The van der Waals surface area contributed by atoms with Crippen molar-refractivity contribution in [3.63, 3.8) is 0 Å². The molecule has 0 fully saturated rings. The molecule has 0 saturated heterocycles. The number of hydrogen-bond acceptors (Lipinski definition) is 2. The maximum Gasteiger partial charge on any atom is 0.405 e. The zero-order valence-electron chi connectivity index (χ0n) is 10.1. The lowest BCUT2D eigenvalue weighted by atomic mass is 10.1. The van der Waals surface area contributed by atoms with Gasteiger partial charge < -0.3 is 0 Å². The molecule has 0 radical (unpaired) electrons. The molecule has 0 saturated carbocycles. The van der Waals surface area contributed by atoms with Crippen molar-refractivity contribution in [1.29, 1.82) is 0 Å². The van der Waals surface area contributed by atoms with Crippen LogP contribution in [-0.2, 0) is 0 Å². The Hall–Kier alpha value is -1.56. The van der Waals surface area contributed by atoms with Crippen LogP contribution in [-0.4, -0.2) is 18.1 Å². The minimum Gasteiger partial charge on any atom is -0.287 e. The number of halogens is 3. The summed E-state index contributed by atoms with van der Waals surface area (Å²) in [6, 6.07) is 6.27. The van der Waals surface area contributed by atoms with E-state index in [9.17, 15) is 18.0 Å². The Morgan fingerprint density at radius 2 is 1.72 bits per heavy atom. The van der Waals surface area contributed by atoms with Crippen molar-refractivity contribution < 1.29 is 18.0 Å². The number of carbonyl (C=O) groups excluding carboxylic acids is 1. The Morgan fingerprint density at radius 1 is 1.17 bits per heavy atom. The van der Waals surface area contributed by atoms with E-state index >= 15 is 0 Å². The van der Waals surface area contributed by atoms with Crippen LogP contribution < -0.4 is 10.9 Å². The third-order valence-corrected chi connectivity index (χ3v) is 2.40. The Labute approximate surface area is 103 Å². The molecule has 6 heteroatoms. The molecule has 0 aromatic heterocycles. The molecule has 18 heavy (non-hydrogen) atoms. The first-order valence-corrected chi connectivity index (χ1v) is 5.50. The molecule has 0 aliphatic rings. The van der Waals surface area contributed by atoms with Crippen LogP contribution in [0.3, 0.4) is 0 Å². The number of nitrogens with one attached hydrogen (secondary N) is 2. The molecule has 0 bridgehead atoms. The number of hydrazine groups is 1. The highest BCUT2D eigenvalue weighted by atomic mass is 19.4. The second kappa shape index (κ2) is 5.86. The van der Waals surface area contributed by atoms with Gasteiger partial charge in [0.1, 0.15) is 6.04 Å². The topological polar surface area (TPSA) is 41.1 Å². The lowest BCUT2D eigenvalue weighted by Crippen LogP contribution is -2.53. The first-order chi connectivity index (χ1) is 8.32. The SMILES string of the molecule is CC(C)C(NNC(=O)c1ccccc1)C(F)(F)F. The predicted molar refractivity (Wildman–Crippen MR) is 61.7 cm³/mol. The molecule has 2 N–H and O–H groups in total. The van der Waals surface area contributed by atoms with Crippen LogP contribution in [0.5, 0.6) is 0 Å². The van der Waals surface area contributed by atoms with Gasteiger partial charge in [-0.15, -0.1) is 0 Å². The second-order valence-corrected chi connectivity index (χ2v) is 4.23. The van der Waals surface area contributed by atoms with E-state index < -0.39 is 24.0 Å². The fourth-order valence-corrected chi connectivity index (χ4v) is 1.43. The fraction of sp³-hybridized carbons (Fsp3) is 0.417. The monoisotopic (exact) mass is 260 g/mol. The van der Waals surface area contributed by atoms with Gasteiger partial charge in [-0.3, -0.25) is 10.2 Å². The van der Waals surface area contributed by atoms with Gasteiger partial charge in [-0.25, -0.2) is 5.43 Å². The van der Waals surface area contributed by atoms with E-state index in [0.717, 1.165) is 0 Å². The molecule has 1 amide bonds. The van der Waals surface area contributed by atoms with Crippen molar-refractivity contribution in [1.82, 2.24) is 10.9 Å². The number of benzene rings is 1. The van der Waals surface area contributed by atoms with Crippen LogP contribution >= 0.6 is 0 Å². The average molecular weight is 260 g/mol. The van der Waals surface area contributed by atoms with E-state index in [2.05, 4.69) is 5.43 Å². The molecular weight excluding hydrogens is 245 g/mol. The highest BCUT2D eigenvalue weighted by Crippen LogP contribution is 2.24. The molecule has 0 aliphatic carbocycles. The van der Waals surface area contributed by atoms with Crippen LogP contribution in [0.2, 0.25) is 0 Å². The third kappa shape index (κ3) is 4.03. The van der Waals surface area contributed by atoms with Crippen molar-refractivity contribution in [3.05, 3.63) is 35.9 Å². The van der Waals surface area contributed by atoms with Crippen LogP contribution in [0.15, 0.2) is 30.3 Å². The first-order valence-electron chi connectivity index (χ1n) is 5.50. The molecule has 1 aromatic rings. The van der Waals surface area contributed by atoms with Crippen molar-refractivity contribution in [2.75, 3.05) is 0 Å². The van der Waals surface area contributed by atoms with E-state index in [-0.39, 0.29) is 0 Å². The van der Waals surface area contributed by atoms with Gasteiger partial charge in [0.05, 0.1) is 0 Å². The van der Waals surface area contributed by atoms with E-state index in [1.807, 2.05) is 5.43 Å². The van der Waals surface area contributed by atoms with Gasteiger partial charge in [0, 0.05) is 5.56 Å². The largest absolute Gasteiger partial charge is 0.405 e. The van der Waals surface area contributed by atoms with Crippen LogP contribution in [0.1, 0.15) is 24.2 Å². The third-order valence-electron chi connectivity index (χ3n) is 2.40. The Bertz CT molecular complexity index is 390. The summed E-state index contributed by atoms with van der Waals surface area (Å²) in [5.41, 5.74) is 4.41. The molecule has 1 rings (SSSR count). The number of amides is 1. The van der Waals surface area contributed by atoms with Gasteiger partial charge >= 0.3 is 6.18 Å². The Balaban J connectivity index is 2.61. The molecule has 0 spiro atoms. The molecule has 3 nitrogen and oxygen atoms in total. The maximum atomic E-state index is 12.6. The molecule has 0 heterocycles. The van der Waals surface area contributed by atoms with Crippen LogP contribution in [0.25, 0.3) is 0 Å². The van der Waals surface area contributed by atoms with Crippen LogP contribution in [0, 0.1) is 5.92 Å². The fourth-order valence-electron chi connectivity index (χ4n) is 1.43. The highest BCUT2D eigenvalue weighted by molar-refractivity contribution is 5.93. The lowest BCUT2D eigenvalue weighted by Gasteiger charge is -2.25.